The van der Waals surface area contributed by atoms with E-state index in [1.54, 1.807) is 11.0 Å². The van der Waals surface area contributed by atoms with Gasteiger partial charge in [-0.1, -0.05) is 60.7 Å². The molecule has 0 saturated heterocycles. The van der Waals surface area contributed by atoms with Gasteiger partial charge in [-0.2, -0.15) is 5.10 Å². The Morgan fingerprint density at radius 2 is 1.42 bits per heavy atom. The second-order valence-electron chi connectivity index (χ2n) is 5.90. The van der Waals surface area contributed by atoms with Gasteiger partial charge in [-0.25, -0.2) is 4.68 Å². The van der Waals surface area contributed by atoms with E-state index in [4.69, 9.17) is 5.11 Å². The van der Waals surface area contributed by atoms with Gasteiger partial charge in [0.15, 0.2) is 0 Å². The lowest BCUT2D eigenvalue weighted by Crippen LogP contribution is -2.32. The number of amides is 1. The van der Waals surface area contributed by atoms with Gasteiger partial charge in [0.2, 0.25) is 0 Å². The van der Waals surface area contributed by atoms with Crippen molar-refractivity contribution in [3.8, 4) is 0 Å². The molecule has 1 aromatic heterocycles. The Hall–Kier alpha value is -3.41. The molecule has 0 unspecified atom stereocenters. The van der Waals surface area contributed by atoms with Crippen LogP contribution in [0.3, 0.4) is 0 Å². The number of aromatic nitrogens is 2. The van der Waals surface area contributed by atoms with E-state index in [0.29, 0.717) is 13.1 Å². The van der Waals surface area contributed by atoms with Gasteiger partial charge in [-0.3, -0.25) is 9.59 Å². The Kier molecular flexibility index (Phi) is 5.43. The molecule has 6 nitrogen and oxygen atoms in total. The fourth-order valence-corrected chi connectivity index (χ4v) is 2.74. The molecular weight excluding hydrogens is 330 g/mol. The number of nitrogens with zero attached hydrogens (tertiary/aromatic N) is 3. The molecule has 0 aliphatic rings. The number of hydrogen-bond acceptors (Lipinski definition) is 3. The van der Waals surface area contributed by atoms with Gasteiger partial charge >= 0.3 is 5.97 Å². The normalized spacial score (nSPS) is 10.5. The molecule has 6 heteroatoms. The monoisotopic (exact) mass is 349 g/mol. The highest BCUT2D eigenvalue weighted by atomic mass is 16.4. The van der Waals surface area contributed by atoms with Gasteiger partial charge < -0.3 is 10.0 Å². The van der Waals surface area contributed by atoms with E-state index in [1.807, 2.05) is 60.7 Å². The smallest absolute Gasteiger partial charge is 0.325 e. The Morgan fingerprint density at radius 3 is 1.92 bits per heavy atom. The highest BCUT2D eigenvalue weighted by Gasteiger charge is 2.21. The standard InChI is InChI=1S/C20H19N3O3/c24-19(25)15-23-18(11-12-21-23)20(26)22(13-16-7-3-1-4-8-16)14-17-9-5-2-6-10-17/h1-12H,13-15H2,(H,24,25). The van der Waals surface area contributed by atoms with E-state index < -0.39 is 5.97 Å². The quantitative estimate of drug-likeness (QED) is 0.712. The first-order chi connectivity index (χ1) is 12.6. The first kappa shape index (κ1) is 17.4. The summed E-state index contributed by atoms with van der Waals surface area (Å²) in [6.45, 7) is 0.498. The number of hydrogen-bond donors (Lipinski definition) is 1. The molecule has 1 N–H and O–H groups in total. The zero-order valence-corrected chi connectivity index (χ0v) is 14.2. The number of carboxylic acids is 1. The Bertz CT molecular complexity index is 834. The molecule has 0 bridgehead atoms. The van der Waals surface area contributed by atoms with E-state index in [1.165, 1.54) is 10.9 Å². The third-order valence-electron chi connectivity index (χ3n) is 3.94. The van der Waals surface area contributed by atoms with Crippen LogP contribution in [0.4, 0.5) is 0 Å². The molecule has 26 heavy (non-hydrogen) atoms. The molecule has 0 atom stereocenters. The zero-order chi connectivity index (χ0) is 18.4. The van der Waals surface area contributed by atoms with E-state index in [0.717, 1.165) is 11.1 Å². The molecule has 1 amide bonds. The van der Waals surface area contributed by atoms with E-state index in [-0.39, 0.29) is 18.1 Å². The molecule has 0 aliphatic carbocycles. The second-order valence-corrected chi connectivity index (χ2v) is 5.90. The van der Waals surface area contributed by atoms with Crippen molar-refractivity contribution in [1.82, 2.24) is 14.7 Å². The van der Waals surface area contributed by atoms with Crippen molar-refractivity contribution in [2.75, 3.05) is 0 Å². The molecule has 1 heterocycles. The summed E-state index contributed by atoms with van der Waals surface area (Å²) in [5, 5.41) is 13.0. The van der Waals surface area contributed by atoms with Crippen LogP contribution < -0.4 is 0 Å². The van der Waals surface area contributed by atoms with Crippen LogP contribution in [0.25, 0.3) is 0 Å². The summed E-state index contributed by atoms with van der Waals surface area (Å²) >= 11 is 0. The van der Waals surface area contributed by atoms with Gasteiger partial charge in [-0.15, -0.1) is 0 Å². The van der Waals surface area contributed by atoms with Crippen LogP contribution in [-0.2, 0) is 24.4 Å². The van der Waals surface area contributed by atoms with Crippen LogP contribution in [0.1, 0.15) is 21.6 Å². The Balaban J connectivity index is 1.88. The van der Waals surface area contributed by atoms with E-state index >= 15 is 0 Å². The molecule has 2 aromatic carbocycles. The second kappa shape index (κ2) is 8.11. The summed E-state index contributed by atoms with van der Waals surface area (Å²) < 4.78 is 1.22. The zero-order valence-electron chi connectivity index (χ0n) is 14.2. The lowest BCUT2D eigenvalue weighted by atomic mass is 10.1. The number of aliphatic carboxylic acids is 1. The minimum Gasteiger partial charge on any atom is -0.480 e. The molecule has 3 aromatic rings. The van der Waals surface area contributed by atoms with E-state index in [9.17, 15) is 9.59 Å². The van der Waals surface area contributed by atoms with Gasteiger partial charge in [0, 0.05) is 19.3 Å². The molecule has 132 valence electrons. The Morgan fingerprint density at radius 1 is 0.885 bits per heavy atom. The SMILES string of the molecule is O=C(O)Cn1nccc1C(=O)N(Cc1ccccc1)Cc1ccccc1. The summed E-state index contributed by atoms with van der Waals surface area (Å²) in [6, 6.07) is 20.9. The predicted octanol–water partition coefficient (Wildman–Crippen LogP) is 2.81. The minimum atomic E-state index is -1.04. The largest absolute Gasteiger partial charge is 0.480 e. The van der Waals surface area contributed by atoms with Crippen molar-refractivity contribution >= 4 is 11.9 Å². The van der Waals surface area contributed by atoms with Crippen molar-refractivity contribution in [1.29, 1.82) is 0 Å². The molecule has 0 saturated carbocycles. The highest BCUT2D eigenvalue weighted by molar-refractivity contribution is 5.92. The van der Waals surface area contributed by atoms with Crippen molar-refractivity contribution in [3.63, 3.8) is 0 Å². The number of rotatable bonds is 7. The summed E-state index contributed by atoms with van der Waals surface area (Å²) in [7, 11) is 0. The summed E-state index contributed by atoms with van der Waals surface area (Å²) in [5.74, 6) is -1.29. The predicted molar refractivity (Wildman–Crippen MR) is 96.3 cm³/mol. The molecule has 0 fully saturated rings. The molecule has 0 aliphatic heterocycles. The van der Waals surface area contributed by atoms with Crippen LogP contribution in [-0.4, -0.2) is 31.7 Å². The first-order valence-corrected chi connectivity index (χ1v) is 8.24. The van der Waals surface area contributed by atoms with Gasteiger partial charge in [0.25, 0.3) is 5.91 Å². The van der Waals surface area contributed by atoms with Crippen LogP contribution in [0.5, 0.6) is 0 Å². The molecule has 3 rings (SSSR count). The van der Waals surface area contributed by atoms with Crippen LogP contribution in [0.2, 0.25) is 0 Å². The van der Waals surface area contributed by atoms with Crippen LogP contribution in [0, 0.1) is 0 Å². The first-order valence-electron chi connectivity index (χ1n) is 8.24. The summed E-state index contributed by atoms with van der Waals surface area (Å²) in [4.78, 5) is 25.8. The van der Waals surface area contributed by atoms with Gasteiger partial charge in [0.1, 0.15) is 12.2 Å². The number of carbonyl (C=O) groups excluding carboxylic acids is 1. The third kappa shape index (κ3) is 4.36. The van der Waals surface area contributed by atoms with E-state index in [2.05, 4.69) is 5.10 Å². The maximum absolute atomic E-state index is 13.1. The fourth-order valence-electron chi connectivity index (χ4n) is 2.74. The summed E-state index contributed by atoms with van der Waals surface area (Å²) in [6.07, 6.45) is 1.44. The van der Waals surface area contributed by atoms with Crippen LogP contribution in [0.15, 0.2) is 72.9 Å². The average molecular weight is 349 g/mol. The summed E-state index contributed by atoms with van der Waals surface area (Å²) in [5.41, 5.74) is 2.27. The van der Waals surface area contributed by atoms with Gasteiger partial charge in [-0.05, 0) is 17.2 Å². The Labute approximate surface area is 151 Å². The lowest BCUT2D eigenvalue weighted by molar-refractivity contribution is -0.137. The molecule has 0 spiro atoms. The van der Waals surface area contributed by atoms with Crippen molar-refractivity contribution in [2.45, 2.75) is 19.6 Å². The number of carbonyl (C=O) groups is 2. The number of benzene rings is 2. The minimum absolute atomic E-state index is 0.253. The van der Waals surface area contributed by atoms with Crippen molar-refractivity contribution in [3.05, 3.63) is 89.7 Å². The van der Waals surface area contributed by atoms with Crippen molar-refractivity contribution in [2.24, 2.45) is 0 Å². The topological polar surface area (TPSA) is 75.4 Å². The van der Waals surface area contributed by atoms with Crippen LogP contribution >= 0.6 is 0 Å². The third-order valence-corrected chi connectivity index (χ3v) is 3.94. The average Bonchev–Trinajstić information content (AvgIpc) is 3.09. The number of carboxylic acid groups (broad SMARTS) is 1. The molecule has 0 radical (unpaired) electrons. The maximum Gasteiger partial charge on any atom is 0.325 e. The lowest BCUT2D eigenvalue weighted by Gasteiger charge is -2.23. The fraction of sp³-hybridized carbons (Fsp3) is 0.150. The van der Waals surface area contributed by atoms with Gasteiger partial charge in [0.05, 0.1) is 0 Å². The highest BCUT2D eigenvalue weighted by Crippen LogP contribution is 2.14. The molecular formula is C20H19N3O3. The van der Waals surface area contributed by atoms with Crippen molar-refractivity contribution < 1.29 is 14.7 Å². The maximum atomic E-state index is 13.1.